The van der Waals surface area contributed by atoms with Crippen molar-refractivity contribution in [3.8, 4) is 0 Å². The van der Waals surface area contributed by atoms with E-state index in [1.54, 1.807) is 0 Å². The summed E-state index contributed by atoms with van der Waals surface area (Å²) in [6.07, 6.45) is 0. The van der Waals surface area contributed by atoms with Crippen LogP contribution in [0.3, 0.4) is 0 Å². The summed E-state index contributed by atoms with van der Waals surface area (Å²) < 4.78 is 4.05. The molecule has 0 saturated carbocycles. The molecule has 0 aromatic heterocycles. The van der Waals surface area contributed by atoms with E-state index in [9.17, 15) is 0 Å². The highest BCUT2D eigenvalue weighted by atomic mass is 32.2. The molecule has 0 atom stereocenters. The van der Waals surface area contributed by atoms with Crippen LogP contribution in [0.4, 0.5) is 5.69 Å². The van der Waals surface area contributed by atoms with Crippen LogP contribution in [0.25, 0.3) is 0 Å². The van der Waals surface area contributed by atoms with Crippen LogP contribution in [0.2, 0.25) is 0 Å². The molecule has 2 rings (SSSR count). The molecule has 0 aliphatic carbocycles. The van der Waals surface area contributed by atoms with Gasteiger partial charge in [0.1, 0.15) is 0 Å². The van der Waals surface area contributed by atoms with Gasteiger partial charge in [0.05, 0.1) is 5.69 Å². The van der Waals surface area contributed by atoms with Crippen molar-refractivity contribution < 1.29 is 0 Å². The highest BCUT2D eigenvalue weighted by Gasteiger charge is 1.89. The number of hydrogen-bond donors (Lipinski definition) is 0. The van der Waals surface area contributed by atoms with Crippen molar-refractivity contribution in [2.45, 2.75) is 4.90 Å². The molecule has 0 aliphatic heterocycles. The predicted octanol–water partition coefficient (Wildman–Crippen LogP) is 4.48. The number of rotatable bonds is 3. The third-order valence-corrected chi connectivity index (χ3v) is 2.45. The minimum Gasteiger partial charge on any atom is -0.143 e. The maximum absolute atomic E-state index is 4.09. The Morgan fingerprint density at radius 3 is 2.00 bits per heavy atom. The second-order valence-corrected chi connectivity index (χ2v) is 3.74. The Hall–Kier alpha value is -1.61. The van der Waals surface area contributed by atoms with Gasteiger partial charge >= 0.3 is 0 Å². The topological polar surface area (TPSA) is 24.7 Å². The molecule has 0 bridgehead atoms. The number of benzene rings is 2. The zero-order valence-corrected chi connectivity index (χ0v) is 8.89. The van der Waals surface area contributed by atoms with Crippen molar-refractivity contribution in [3.63, 3.8) is 0 Å². The molecule has 15 heavy (non-hydrogen) atoms. The summed E-state index contributed by atoms with van der Waals surface area (Å²) in [5.41, 5.74) is 0.876. The monoisotopic (exact) mass is 214 g/mol. The Labute approximate surface area is 93.2 Å². The SMILES string of the molecule is c1ccc(N=NSc2ccccc2)cc1. The maximum atomic E-state index is 4.09. The van der Waals surface area contributed by atoms with Crippen LogP contribution in [-0.2, 0) is 0 Å². The van der Waals surface area contributed by atoms with Gasteiger partial charge in [-0.2, -0.15) is 0 Å². The Bertz CT molecular complexity index is 426. The average Bonchev–Trinajstić information content (AvgIpc) is 2.32. The van der Waals surface area contributed by atoms with E-state index in [1.807, 2.05) is 60.7 Å². The second kappa shape index (κ2) is 5.32. The van der Waals surface area contributed by atoms with Crippen molar-refractivity contribution in [1.82, 2.24) is 0 Å². The van der Waals surface area contributed by atoms with Gasteiger partial charge in [0.15, 0.2) is 0 Å². The lowest BCUT2D eigenvalue weighted by Crippen LogP contribution is -1.64. The van der Waals surface area contributed by atoms with E-state index in [0.717, 1.165) is 10.6 Å². The fourth-order valence-electron chi connectivity index (χ4n) is 1.09. The number of nitrogens with zero attached hydrogens (tertiary/aromatic N) is 2. The molecule has 74 valence electrons. The summed E-state index contributed by atoms with van der Waals surface area (Å²) in [5.74, 6) is 0. The molecule has 0 radical (unpaired) electrons. The molecule has 2 nitrogen and oxygen atoms in total. The standard InChI is InChI=1S/C12H10N2S/c1-3-7-11(8-4-1)13-14-15-12-9-5-2-6-10-12/h1-10H. The minimum absolute atomic E-state index is 0.876. The van der Waals surface area contributed by atoms with Gasteiger partial charge in [-0.1, -0.05) is 36.4 Å². The molecule has 0 N–H and O–H groups in total. The van der Waals surface area contributed by atoms with Crippen LogP contribution in [-0.4, -0.2) is 0 Å². The number of hydrogen-bond acceptors (Lipinski definition) is 3. The maximum Gasteiger partial charge on any atom is 0.0863 e. The third-order valence-electron chi connectivity index (χ3n) is 1.80. The lowest BCUT2D eigenvalue weighted by atomic mass is 10.3. The lowest BCUT2D eigenvalue weighted by Gasteiger charge is -1.92. The van der Waals surface area contributed by atoms with E-state index in [4.69, 9.17) is 0 Å². The summed E-state index contributed by atoms with van der Waals surface area (Å²) in [6, 6.07) is 19.7. The van der Waals surface area contributed by atoms with Crippen LogP contribution in [0.5, 0.6) is 0 Å². The molecule has 0 amide bonds. The van der Waals surface area contributed by atoms with Gasteiger partial charge in [0, 0.05) is 16.8 Å². The molecule has 0 unspecified atom stereocenters. The molecule has 0 aliphatic rings. The van der Waals surface area contributed by atoms with Gasteiger partial charge < -0.3 is 0 Å². The normalized spacial score (nSPS) is 10.7. The van der Waals surface area contributed by atoms with Crippen LogP contribution >= 0.6 is 11.9 Å². The molecular weight excluding hydrogens is 204 g/mol. The van der Waals surface area contributed by atoms with Gasteiger partial charge in [-0.3, -0.25) is 0 Å². The van der Waals surface area contributed by atoms with E-state index in [-0.39, 0.29) is 0 Å². The van der Waals surface area contributed by atoms with Crippen LogP contribution < -0.4 is 0 Å². The van der Waals surface area contributed by atoms with Crippen molar-refractivity contribution in [1.29, 1.82) is 0 Å². The summed E-state index contributed by atoms with van der Waals surface area (Å²) in [6.45, 7) is 0. The average molecular weight is 214 g/mol. The van der Waals surface area contributed by atoms with E-state index in [0.29, 0.717) is 0 Å². The second-order valence-electron chi connectivity index (χ2n) is 2.92. The first-order chi connectivity index (χ1) is 7.45. The van der Waals surface area contributed by atoms with E-state index >= 15 is 0 Å². The summed E-state index contributed by atoms with van der Waals surface area (Å²) in [7, 11) is 0. The summed E-state index contributed by atoms with van der Waals surface area (Å²) >= 11 is 1.37. The molecular formula is C12H10N2S. The molecule has 2 aromatic rings. The highest BCUT2D eigenvalue weighted by molar-refractivity contribution is 7.97. The van der Waals surface area contributed by atoms with Gasteiger partial charge in [0.25, 0.3) is 0 Å². The fraction of sp³-hybridized carbons (Fsp3) is 0. The van der Waals surface area contributed by atoms with E-state index < -0.39 is 0 Å². The molecule has 0 heterocycles. The summed E-state index contributed by atoms with van der Waals surface area (Å²) in [4.78, 5) is 1.09. The van der Waals surface area contributed by atoms with Crippen molar-refractivity contribution in [3.05, 3.63) is 60.7 Å². The highest BCUT2D eigenvalue weighted by Crippen LogP contribution is 2.21. The molecule has 0 fully saturated rings. The zero-order chi connectivity index (χ0) is 10.3. The zero-order valence-electron chi connectivity index (χ0n) is 8.08. The Morgan fingerprint density at radius 2 is 1.33 bits per heavy atom. The third kappa shape index (κ3) is 3.22. The fourth-order valence-corrected chi connectivity index (χ4v) is 1.60. The van der Waals surface area contributed by atoms with Crippen LogP contribution in [0.15, 0.2) is 75.2 Å². The van der Waals surface area contributed by atoms with Gasteiger partial charge in [-0.15, -0.1) is 9.63 Å². The Morgan fingerprint density at radius 1 is 0.733 bits per heavy atom. The first-order valence-corrected chi connectivity index (χ1v) is 5.41. The van der Waals surface area contributed by atoms with Crippen LogP contribution in [0, 0.1) is 0 Å². The van der Waals surface area contributed by atoms with Gasteiger partial charge in [0.2, 0.25) is 0 Å². The molecule has 0 saturated heterocycles. The first-order valence-electron chi connectivity index (χ1n) is 4.63. The largest absolute Gasteiger partial charge is 0.143 e. The summed E-state index contributed by atoms with van der Waals surface area (Å²) in [5, 5.41) is 4.09. The smallest absolute Gasteiger partial charge is 0.0863 e. The van der Waals surface area contributed by atoms with E-state index in [2.05, 4.69) is 9.63 Å². The van der Waals surface area contributed by atoms with Crippen LogP contribution in [0.1, 0.15) is 0 Å². The van der Waals surface area contributed by atoms with Crippen molar-refractivity contribution in [2.24, 2.45) is 9.63 Å². The quantitative estimate of drug-likeness (QED) is 0.546. The molecule has 0 spiro atoms. The minimum atomic E-state index is 0.876. The van der Waals surface area contributed by atoms with Crippen molar-refractivity contribution in [2.75, 3.05) is 0 Å². The Balaban J connectivity index is 1.97. The molecule has 3 heteroatoms. The predicted molar refractivity (Wildman–Crippen MR) is 63.3 cm³/mol. The van der Waals surface area contributed by atoms with Gasteiger partial charge in [-0.25, -0.2) is 0 Å². The Kier molecular flexibility index (Phi) is 3.52. The van der Waals surface area contributed by atoms with E-state index in [1.165, 1.54) is 11.9 Å². The molecule has 2 aromatic carbocycles. The van der Waals surface area contributed by atoms with Crippen molar-refractivity contribution >= 4 is 17.6 Å². The lowest BCUT2D eigenvalue weighted by molar-refractivity contribution is 1.32. The first kappa shape index (κ1) is 9.93. The van der Waals surface area contributed by atoms with Gasteiger partial charge in [-0.05, 0) is 24.3 Å².